The second kappa shape index (κ2) is 11.6. The first-order valence-corrected chi connectivity index (χ1v) is 12.7. The molecule has 11 heteroatoms. The highest BCUT2D eigenvalue weighted by Crippen LogP contribution is 2.36. The Labute approximate surface area is 229 Å². The third-order valence-corrected chi connectivity index (χ3v) is 6.69. The van der Waals surface area contributed by atoms with Crippen LogP contribution < -0.4 is 4.74 Å². The Morgan fingerprint density at radius 2 is 1.82 bits per heavy atom. The van der Waals surface area contributed by atoms with Gasteiger partial charge in [0.25, 0.3) is 0 Å². The standard InChI is InChI=1S/C28H29ClF2N2O6/c1-28(2,3)38-27(35)33-12-11-19(20(14-33)26(34)36-4)16-5-7-17(8-6-16)37-15-18-13-23(32-39-18)24-21(30)9-10-22(31)25(24)29/h5-10,13,19-20H,11-12,14-15H2,1-4H3. The number of carbonyl (C=O) groups excluding carboxylic acids is 2. The summed E-state index contributed by atoms with van der Waals surface area (Å²) in [5.74, 6) is -1.79. The third kappa shape index (κ3) is 6.68. The number of methoxy groups -OCH3 is 1. The minimum Gasteiger partial charge on any atom is -0.486 e. The average molecular weight is 563 g/mol. The van der Waals surface area contributed by atoms with Crippen LogP contribution in [0, 0.1) is 17.6 Å². The van der Waals surface area contributed by atoms with Crippen molar-refractivity contribution in [3.8, 4) is 17.0 Å². The van der Waals surface area contributed by atoms with Gasteiger partial charge in [-0.25, -0.2) is 13.6 Å². The molecule has 1 aromatic heterocycles. The number of ether oxygens (including phenoxy) is 3. The van der Waals surface area contributed by atoms with Gasteiger partial charge in [0.15, 0.2) is 5.76 Å². The molecule has 0 saturated carbocycles. The molecular weight excluding hydrogens is 534 g/mol. The quantitative estimate of drug-likeness (QED) is 0.255. The molecule has 2 aromatic carbocycles. The lowest BCUT2D eigenvalue weighted by Gasteiger charge is -2.38. The lowest BCUT2D eigenvalue weighted by atomic mass is 9.80. The summed E-state index contributed by atoms with van der Waals surface area (Å²) in [6, 6.07) is 10.5. The van der Waals surface area contributed by atoms with Crippen LogP contribution in [0.4, 0.5) is 13.6 Å². The van der Waals surface area contributed by atoms with Crippen molar-refractivity contribution < 1.29 is 37.1 Å². The number of likely N-dealkylation sites (tertiary alicyclic amines) is 1. The highest BCUT2D eigenvalue weighted by atomic mass is 35.5. The fourth-order valence-corrected chi connectivity index (χ4v) is 4.71. The van der Waals surface area contributed by atoms with Crippen molar-refractivity contribution >= 4 is 23.7 Å². The Kier molecular flexibility index (Phi) is 8.44. The molecule has 1 saturated heterocycles. The molecule has 3 aromatic rings. The van der Waals surface area contributed by atoms with Gasteiger partial charge >= 0.3 is 12.1 Å². The lowest BCUT2D eigenvalue weighted by Crippen LogP contribution is -2.47. The van der Waals surface area contributed by atoms with Gasteiger partial charge in [-0.2, -0.15) is 0 Å². The van der Waals surface area contributed by atoms with Crippen LogP contribution in [-0.2, 0) is 20.9 Å². The molecule has 1 aliphatic rings. The minimum atomic E-state index is -0.765. The molecule has 0 aliphatic carbocycles. The van der Waals surface area contributed by atoms with Gasteiger partial charge in [0.05, 0.1) is 23.6 Å². The summed E-state index contributed by atoms with van der Waals surface area (Å²) < 4.78 is 49.4. The van der Waals surface area contributed by atoms with E-state index in [1.54, 1.807) is 32.9 Å². The molecule has 2 heterocycles. The predicted molar refractivity (Wildman–Crippen MR) is 138 cm³/mol. The molecule has 4 rings (SSSR count). The molecule has 2 unspecified atom stereocenters. The van der Waals surface area contributed by atoms with Gasteiger partial charge in [0.2, 0.25) is 0 Å². The summed E-state index contributed by atoms with van der Waals surface area (Å²) in [6.07, 6.45) is 0.0933. The molecule has 39 heavy (non-hydrogen) atoms. The Balaban J connectivity index is 1.41. The van der Waals surface area contributed by atoms with Crippen molar-refractivity contribution in [3.05, 3.63) is 70.4 Å². The van der Waals surface area contributed by atoms with E-state index >= 15 is 0 Å². The van der Waals surface area contributed by atoms with E-state index < -0.39 is 35.2 Å². The van der Waals surface area contributed by atoms with E-state index in [0.717, 1.165) is 17.7 Å². The van der Waals surface area contributed by atoms with Crippen molar-refractivity contribution in [3.63, 3.8) is 0 Å². The van der Waals surface area contributed by atoms with Crippen LogP contribution in [-0.4, -0.2) is 47.9 Å². The number of rotatable bonds is 6. The molecule has 0 spiro atoms. The van der Waals surface area contributed by atoms with E-state index in [9.17, 15) is 18.4 Å². The maximum atomic E-state index is 14.2. The zero-order valence-corrected chi connectivity index (χ0v) is 22.8. The number of hydrogen-bond donors (Lipinski definition) is 0. The van der Waals surface area contributed by atoms with Crippen molar-refractivity contribution in [2.24, 2.45) is 5.92 Å². The predicted octanol–water partition coefficient (Wildman–Crippen LogP) is 6.37. The zero-order chi connectivity index (χ0) is 28.3. The number of benzene rings is 2. The lowest BCUT2D eigenvalue weighted by molar-refractivity contribution is -0.148. The molecule has 0 radical (unpaired) electrons. The number of amides is 1. The van der Waals surface area contributed by atoms with E-state index in [1.165, 1.54) is 18.1 Å². The summed E-state index contributed by atoms with van der Waals surface area (Å²) in [5.41, 5.74) is 0.131. The van der Waals surface area contributed by atoms with Crippen molar-refractivity contribution in [2.45, 2.75) is 45.3 Å². The second-order valence-corrected chi connectivity index (χ2v) is 10.6. The second-order valence-electron chi connectivity index (χ2n) is 10.2. The van der Waals surface area contributed by atoms with Crippen molar-refractivity contribution in [2.75, 3.05) is 20.2 Å². The molecule has 1 fully saturated rings. The molecule has 8 nitrogen and oxygen atoms in total. The first-order chi connectivity index (χ1) is 18.5. The summed E-state index contributed by atoms with van der Waals surface area (Å²) in [5, 5.41) is 3.40. The minimum absolute atomic E-state index is 0.0139. The van der Waals surface area contributed by atoms with Gasteiger partial charge in [-0.05, 0) is 57.0 Å². The summed E-state index contributed by atoms with van der Waals surface area (Å²) in [4.78, 5) is 26.7. The highest BCUT2D eigenvalue weighted by Gasteiger charge is 2.39. The topological polar surface area (TPSA) is 91.1 Å². The van der Waals surface area contributed by atoms with Gasteiger partial charge in [0.1, 0.15) is 35.3 Å². The van der Waals surface area contributed by atoms with E-state index in [0.29, 0.717) is 18.7 Å². The Morgan fingerprint density at radius 3 is 2.49 bits per heavy atom. The Hall–Kier alpha value is -3.66. The van der Waals surface area contributed by atoms with Crippen LogP contribution in [0.25, 0.3) is 11.3 Å². The maximum absolute atomic E-state index is 14.2. The van der Waals surface area contributed by atoms with Gasteiger partial charge < -0.3 is 23.6 Å². The molecule has 0 bridgehead atoms. The molecule has 2 atom stereocenters. The first kappa shape index (κ1) is 28.4. The monoisotopic (exact) mass is 562 g/mol. The Morgan fingerprint density at radius 1 is 1.13 bits per heavy atom. The van der Waals surface area contributed by atoms with Crippen LogP contribution in [0.5, 0.6) is 5.75 Å². The maximum Gasteiger partial charge on any atom is 0.410 e. The van der Waals surface area contributed by atoms with Crippen LogP contribution in [0.2, 0.25) is 5.02 Å². The number of piperidine rings is 1. The molecule has 0 N–H and O–H groups in total. The number of aromatic nitrogens is 1. The molecule has 1 amide bonds. The van der Waals surface area contributed by atoms with Crippen LogP contribution in [0.15, 0.2) is 47.0 Å². The SMILES string of the molecule is COC(=O)C1CN(C(=O)OC(C)(C)C)CCC1c1ccc(OCc2cc(-c3c(F)ccc(F)c3Cl)no2)cc1. The largest absolute Gasteiger partial charge is 0.486 e. The summed E-state index contributed by atoms with van der Waals surface area (Å²) >= 11 is 5.90. The third-order valence-electron chi connectivity index (χ3n) is 6.32. The number of hydrogen-bond acceptors (Lipinski definition) is 7. The van der Waals surface area contributed by atoms with E-state index in [2.05, 4.69) is 5.16 Å². The number of halogens is 3. The molecule has 208 valence electrons. The number of esters is 1. The fourth-order valence-electron chi connectivity index (χ4n) is 4.46. The summed E-state index contributed by atoms with van der Waals surface area (Å²) in [6.45, 7) is 5.99. The van der Waals surface area contributed by atoms with Crippen LogP contribution in [0.1, 0.15) is 44.4 Å². The van der Waals surface area contributed by atoms with Crippen molar-refractivity contribution in [1.82, 2.24) is 10.1 Å². The molecule has 1 aliphatic heterocycles. The van der Waals surface area contributed by atoms with E-state index in [-0.39, 0.29) is 41.1 Å². The van der Waals surface area contributed by atoms with Gasteiger partial charge in [-0.15, -0.1) is 0 Å². The average Bonchev–Trinajstić information content (AvgIpc) is 3.37. The highest BCUT2D eigenvalue weighted by molar-refractivity contribution is 6.33. The normalized spacial score (nSPS) is 17.6. The molecular formula is C28H29ClF2N2O6. The van der Waals surface area contributed by atoms with Crippen LogP contribution >= 0.6 is 11.6 Å². The first-order valence-electron chi connectivity index (χ1n) is 12.3. The zero-order valence-electron chi connectivity index (χ0n) is 22.0. The smallest absolute Gasteiger partial charge is 0.410 e. The van der Waals surface area contributed by atoms with E-state index in [1.807, 2.05) is 12.1 Å². The van der Waals surface area contributed by atoms with Gasteiger partial charge in [0, 0.05) is 25.1 Å². The van der Waals surface area contributed by atoms with Crippen LogP contribution in [0.3, 0.4) is 0 Å². The Bertz CT molecular complexity index is 1340. The van der Waals surface area contributed by atoms with E-state index in [4.69, 9.17) is 30.3 Å². The van der Waals surface area contributed by atoms with Gasteiger partial charge in [-0.3, -0.25) is 4.79 Å². The van der Waals surface area contributed by atoms with Gasteiger partial charge in [-0.1, -0.05) is 28.9 Å². The van der Waals surface area contributed by atoms with Crippen molar-refractivity contribution in [1.29, 1.82) is 0 Å². The summed E-state index contributed by atoms with van der Waals surface area (Å²) in [7, 11) is 1.33. The fraction of sp³-hybridized carbons (Fsp3) is 0.393. The number of carbonyl (C=O) groups is 2. The number of nitrogens with zero attached hydrogens (tertiary/aromatic N) is 2.